The van der Waals surface area contributed by atoms with Crippen molar-refractivity contribution in [3.8, 4) is 22.4 Å². The zero-order chi connectivity index (χ0) is 24.9. The SMILES string of the molecule is CC(C)(C)c1cc2c3c(nccc3c1)-c1ccc3cnccc3c1C21c2ccccc2-c2ccccc21. The van der Waals surface area contributed by atoms with Gasteiger partial charge in [0.2, 0.25) is 0 Å². The van der Waals surface area contributed by atoms with Gasteiger partial charge in [-0.25, -0.2) is 0 Å². The fourth-order valence-electron chi connectivity index (χ4n) is 6.95. The Labute approximate surface area is 216 Å². The number of pyridine rings is 2. The van der Waals surface area contributed by atoms with Crippen LogP contribution in [-0.4, -0.2) is 9.97 Å². The van der Waals surface area contributed by atoms with Gasteiger partial charge in [0, 0.05) is 34.9 Å². The van der Waals surface area contributed by atoms with E-state index in [1.165, 1.54) is 60.7 Å². The lowest BCUT2D eigenvalue weighted by atomic mass is 9.60. The summed E-state index contributed by atoms with van der Waals surface area (Å²) >= 11 is 0. The zero-order valence-corrected chi connectivity index (χ0v) is 21.2. The normalized spacial score (nSPS) is 14.6. The molecule has 6 aromatic rings. The molecule has 2 aromatic heterocycles. The summed E-state index contributed by atoms with van der Waals surface area (Å²) in [4.78, 5) is 9.51. The molecule has 2 aliphatic carbocycles. The van der Waals surface area contributed by atoms with Crippen LogP contribution in [0.4, 0.5) is 0 Å². The van der Waals surface area contributed by atoms with E-state index in [2.05, 4.69) is 111 Å². The predicted molar refractivity (Wildman–Crippen MR) is 152 cm³/mol. The molecule has 2 nitrogen and oxygen atoms in total. The molecular formula is C35H26N2. The molecule has 0 N–H and O–H groups in total. The van der Waals surface area contributed by atoms with E-state index in [1.54, 1.807) is 0 Å². The molecule has 0 aliphatic heterocycles. The fraction of sp³-hybridized carbons (Fsp3) is 0.143. The molecule has 0 amide bonds. The molecule has 0 unspecified atom stereocenters. The summed E-state index contributed by atoms with van der Waals surface area (Å²) in [7, 11) is 0. The van der Waals surface area contributed by atoms with Gasteiger partial charge in [-0.2, -0.15) is 0 Å². The van der Waals surface area contributed by atoms with Gasteiger partial charge in [-0.05, 0) is 67.3 Å². The molecule has 0 bridgehead atoms. The van der Waals surface area contributed by atoms with Crippen molar-refractivity contribution >= 4 is 21.5 Å². The first kappa shape index (κ1) is 20.8. The number of hydrogen-bond acceptors (Lipinski definition) is 2. The van der Waals surface area contributed by atoms with Crippen LogP contribution in [0.3, 0.4) is 0 Å². The van der Waals surface area contributed by atoms with Crippen LogP contribution < -0.4 is 0 Å². The number of aromatic nitrogens is 2. The largest absolute Gasteiger partial charge is 0.264 e. The van der Waals surface area contributed by atoms with Gasteiger partial charge in [-0.15, -0.1) is 0 Å². The van der Waals surface area contributed by atoms with E-state index < -0.39 is 5.41 Å². The highest BCUT2D eigenvalue weighted by molar-refractivity contribution is 6.09. The minimum absolute atomic E-state index is 0.00983. The molecule has 2 aliphatic rings. The van der Waals surface area contributed by atoms with E-state index in [-0.39, 0.29) is 5.41 Å². The first-order chi connectivity index (χ1) is 18.0. The Kier molecular flexibility index (Phi) is 3.90. The number of hydrogen-bond donors (Lipinski definition) is 0. The van der Waals surface area contributed by atoms with E-state index in [1.807, 2.05) is 18.6 Å². The summed E-state index contributed by atoms with van der Waals surface area (Å²) in [5.41, 5.74) is 11.2. The van der Waals surface area contributed by atoms with Crippen LogP contribution in [0, 0.1) is 0 Å². The Morgan fingerprint density at radius 3 is 2.11 bits per heavy atom. The van der Waals surface area contributed by atoms with E-state index >= 15 is 0 Å². The molecule has 176 valence electrons. The van der Waals surface area contributed by atoms with Crippen LogP contribution in [-0.2, 0) is 10.8 Å². The summed E-state index contributed by atoms with van der Waals surface area (Å²) in [6, 6.07) is 31.7. The van der Waals surface area contributed by atoms with E-state index in [9.17, 15) is 0 Å². The third-order valence-electron chi connectivity index (χ3n) is 8.54. The van der Waals surface area contributed by atoms with Crippen molar-refractivity contribution < 1.29 is 0 Å². The molecule has 0 saturated heterocycles. The zero-order valence-electron chi connectivity index (χ0n) is 21.2. The second kappa shape index (κ2) is 6.92. The summed E-state index contributed by atoms with van der Waals surface area (Å²) in [5.74, 6) is 0. The Morgan fingerprint density at radius 2 is 1.38 bits per heavy atom. The van der Waals surface area contributed by atoms with Crippen molar-refractivity contribution in [2.45, 2.75) is 31.6 Å². The van der Waals surface area contributed by atoms with Gasteiger partial charge in [0.1, 0.15) is 0 Å². The van der Waals surface area contributed by atoms with Crippen molar-refractivity contribution in [3.63, 3.8) is 0 Å². The first-order valence-electron chi connectivity index (χ1n) is 13.0. The summed E-state index contributed by atoms with van der Waals surface area (Å²) in [6.07, 6.45) is 5.90. The monoisotopic (exact) mass is 474 g/mol. The second-order valence-electron chi connectivity index (χ2n) is 11.5. The third kappa shape index (κ3) is 2.50. The topological polar surface area (TPSA) is 25.8 Å². The van der Waals surface area contributed by atoms with Crippen LogP contribution in [0.15, 0.2) is 104 Å². The molecule has 0 radical (unpaired) electrons. The van der Waals surface area contributed by atoms with Crippen LogP contribution in [0.25, 0.3) is 43.9 Å². The molecular weight excluding hydrogens is 448 g/mol. The lowest BCUT2D eigenvalue weighted by Crippen LogP contribution is -2.33. The van der Waals surface area contributed by atoms with E-state index in [4.69, 9.17) is 4.98 Å². The lowest BCUT2D eigenvalue weighted by Gasteiger charge is -2.41. The van der Waals surface area contributed by atoms with Crippen LogP contribution in [0.5, 0.6) is 0 Å². The van der Waals surface area contributed by atoms with Crippen molar-refractivity contribution in [3.05, 3.63) is 131 Å². The first-order valence-corrected chi connectivity index (χ1v) is 13.0. The van der Waals surface area contributed by atoms with Crippen LogP contribution in [0.1, 0.15) is 48.6 Å². The molecule has 2 heteroatoms. The highest BCUT2D eigenvalue weighted by atomic mass is 14.7. The minimum Gasteiger partial charge on any atom is -0.264 e. The molecule has 4 aromatic carbocycles. The maximum atomic E-state index is 5.03. The molecule has 37 heavy (non-hydrogen) atoms. The van der Waals surface area contributed by atoms with Crippen LogP contribution >= 0.6 is 0 Å². The standard InChI is InChI=1S/C35H26N2/c1-34(2,3)23-18-21-14-17-37-33-27-13-12-22-20-36-16-15-24(22)32(27)35(30(19-23)31(21)33)28-10-6-4-8-25(28)26-9-5-7-11-29(26)35/h4-20H,1-3H3. The highest BCUT2D eigenvalue weighted by Crippen LogP contribution is 2.62. The average Bonchev–Trinajstić information content (AvgIpc) is 3.21. The lowest BCUT2D eigenvalue weighted by molar-refractivity contribution is 0.588. The average molecular weight is 475 g/mol. The fourth-order valence-corrected chi connectivity index (χ4v) is 6.95. The van der Waals surface area contributed by atoms with Gasteiger partial charge in [0.15, 0.2) is 0 Å². The number of benzene rings is 4. The number of nitrogens with zero attached hydrogens (tertiary/aromatic N) is 2. The maximum absolute atomic E-state index is 5.03. The summed E-state index contributed by atoms with van der Waals surface area (Å²) in [6.45, 7) is 6.93. The highest BCUT2D eigenvalue weighted by Gasteiger charge is 2.51. The van der Waals surface area contributed by atoms with Crippen LogP contribution in [0.2, 0.25) is 0 Å². The molecule has 2 heterocycles. The Bertz CT molecular complexity index is 1880. The minimum atomic E-state index is -0.446. The quantitative estimate of drug-likeness (QED) is 0.220. The van der Waals surface area contributed by atoms with Gasteiger partial charge in [0.05, 0.1) is 11.1 Å². The van der Waals surface area contributed by atoms with Gasteiger partial charge >= 0.3 is 0 Å². The smallest absolute Gasteiger partial charge is 0.0787 e. The molecule has 0 atom stereocenters. The second-order valence-corrected chi connectivity index (χ2v) is 11.5. The van der Waals surface area contributed by atoms with Gasteiger partial charge in [-0.3, -0.25) is 9.97 Å². The van der Waals surface area contributed by atoms with Gasteiger partial charge < -0.3 is 0 Å². The summed E-state index contributed by atoms with van der Waals surface area (Å²) in [5, 5.41) is 4.92. The van der Waals surface area contributed by atoms with Crippen molar-refractivity contribution in [2.75, 3.05) is 0 Å². The number of rotatable bonds is 0. The van der Waals surface area contributed by atoms with Gasteiger partial charge in [0.25, 0.3) is 0 Å². The predicted octanol–water partition coefficient (Wildman–Crippen LogP) is 8.42. The Balaban J connectivity index is 1.71. The molecule has 1 spiro atoms. The molecule has 0 saturated carbocycles. The van der Waals surface area contributed by atoms with E-state index in [0.717, 1.165) is 11.1 Å². The van der Waals surface area contributed by atoms with Gasteiger partial charge in [-0.1, -0.05) is 93.6 Å². The maximum Gasteiger partial charge on any atom is 0.0787 e. The molecule has 0 fully saturated rings. The van der Waals surface area contributed by atoms with E-state index in [0.29, 0.717) is 0 Å². The van der Waals surface area contributed by atoms with Crippen molar-refractivity contribution in [2.24, 2.45) is 0 Å². The Morgan fingerprint density at radius 1 is 0.649 bits per heavy atom. The third-order valence-corrected chi connectivity index (χ3v) is 8.54. The van der Waals surface area contributed by atoms with Crippen molar-refractivity contribution in [1.82, 2.24) is 9.97 Å². The Hall–Kier alpha value is -4.30. The summed E-state index contributed by atoms with van der Waals surface area (Å²) < 4.78 is 0. The number of fused-ring (bicyclic) bond motifs is 11. The molecule has 8 rings (SSSR count). The van der Waals surface area contributed by atoms with Crippen molar-refractivity contribution in [1.29, 1.82) is 0 Å².